The number of amides is 1. The van der Waals surface area contributed by atoms with Crippen LogP contribution in [0.5, 0.6) is 0 Å². The minimum absolute atomic E-state index is 0.179. The largest absolute Gasteiger partial charge is 0.336 e. The number of hydrogen-bond donors (Lipinski definition) is 0. The van der Waals surface area contributed by atoms with Gasteiger partial charge < -0.3 is 4.90 Å². The monoisotopic (exact) mass is 367 g/mol. The first-order chi connectivity index (χ1) is 9.74. The molecule has 0 N–H and O–H groups in total. The molecule has 5 heteroatoms. The van der Waals surface area contributed by atoms with Gasteiger partial charge in [0.2, 0.25) is 0 Å². The van der Waals surface area contributed by atoms with Gasteiger partial charge in [-0.25, -0.2) is 0 Å². The highest BCUT2D eigenvalue weighted by atomic mass is 79.9. The Hall–Kier alpha value is -0.780. The summed E-state index contributed by atoms with van der Waals surface area (Å²) in [6, 6.07) is 12.2. The van der Waals surface area contributed by atoms with E-state index in [-0.39, 0.29) is 5.91 Å². The fraction of sp³-hybridized carbons (Fsp3) is 0.267. The third-order valence-corrected chi connectivity index (χ3v) is 5.84. The van der Waals surface area contributed by atoms with Gasteiger partial charge in [-0.15, -0.1) is 11.3 Å². The summed E-state index contributed by atoms with van der Waals surface area (Å²) >= 11 is 6.94. The van der Waals surface area contributed by atoms with Crippen LogP contribution in [0.25, 0.3) is 10.4 Å². The van der Waals surface area contributed by atoms with E-state index in [1.807, 2.05) is 40.9 Å². The smallest absolute Gasteiger partial charge is 0.263 e. The van der Waals surface area contributed by atoms with Crippen LogP contribution in [0.4, 0.5) is 0 Å². The van der Waals surface area contributed by atoms with Crippen molar-refractivity contribution in [3.05, 3.63) is 45.7 Å². The lowest BCUT2D eigenvalue weighted by atomic mass is 10.2. The van der Waals surface area contributed by atoms with E-state index in [0.717, 1.165) is 44.4 Å². The maximum atomic E-state index is 12.4. The van der Waals surface area contributed by atoms with Gasteiger partial charge in [-0.3, -0.25) is 4.79 Å². The molecule has 0 spiro atoms. The van der Waals surface area contributed by atoms with Crippen LogP contribution in [0, 0.1) is 0 Å². The summed E-state index contributed by atoms with van der Waals surface area (Å²) in [7, 11) is 0. The van der Waals surface area contributed by atoms with E-state index < -0.39 is 0 Å². The van der Waals surface area contributed by atoms with Crippen molar-refractivity contribution in [3.63, 3.8) is 0 Å². The average Bonchev–Trinajstić information content (AvgIpc) is 2.98. The quantitative estimate of drug-likeness (QED) is 0.785. The molecule has 0 saturated carbocycles. The standard InChI is InChI=1S/C15H14BrNOS2/c16-12-3-1-11(2-4-12)13-5-6-14(20-13)15(18)17-7-9-19-10-8-17/h1-6H,7-10H2. The molecule has 1 amide bonds. The first-order valence-corrected chi connectivity index (χ1v) is 9.23. The normalized spacial score (nSPS) is 15.3. The van der Waals surface area contributed by atoms with Gasteiger partial charge in [0.05, 0.1) is 4.88 Å². The molecule has 2 heterocycles. The molecule has 2 aromatic rings. The van der Waals surface area contributed by atoms with Crippen LogP contribution < -0.4 is 0 Å². The van der Waals surface area contributed by atoms with E-state index in [1.165, 1.54) is 0 Å². The van der Waals surface area contributed by atoms with Gasteiger partial charge in [0.1, 0.15) is 0 Å². The molecular weight excluding hydrogens is 354 g/mol. The molecule has 0 radical (unpaired) electrons. The van der Waals surface area contributed by atoms with E-state index in [4.69, 9.17) is 0 Å². The van der Waals surface area contributed by atoms with Crippen molar-refractivity contribution in [1.29, 1.82) is 0 Å². The molecule has 1 fully saturated rings. The van der Waals surface area contributed by atoms with Crippen LogP contribution >= 0.6 is 39.0 Å². The number of thiophene rings is 1. The number of carbonyl (C=O) groups is 1. The van der Waals surface area contributed by atoms with Crippen LogP contribution in [0.2, 0.25) is 0 Å². The molecule has 3 rings (SSSR count). The zero-order valence-electron chi connectivity index (χ0n) is 10.8. The fourth-order valence-electron chi connectivity index (χ4n) is 2.14. The Bertz CT molecular complexity index is 603. The van der Waals surface area contributed by atoms with Crippen molar-refractivity contribution in [3.8, 4) is 10.4 Å². The van der Waals surface area contributed by atoms with E-state index >= 15 is 0 Å². The summed E-state index contributed by atoms with van der Waals surface area (Å²) in [6.07, 6.45) is 0. The predicted octanol–water partition coefficient (Wildman–Crippen LogP) is 4.37. The molecule has 1 saturated heterocycles. The van der Waals surface area contributed by atoms with Gasteiger partial charge in [-0.1, -0.05) is 28.1 Å². The number of nitrogens with zero attached hydrogens (tertiary/aromatic N) is 1. The van der Waals surface area contributed by atoms with Crippen molar-refractivity contribution < 1.29 is 4.79 Å². The molecule has 0 atom stereocenters. The predicted molar refractivity (Wildman–Crippen MR) is 90.7 cm³/mol. The zero-order valence-corrected chi connectivity index (χ0v) is 14.1. The van der Waals surface area contributed by atoms with E-state index in [9.17, 15) is 4.79 Å². The second kappa shape index (κ2) is 6.33. The molecule has 1 aliphatic rings. The van der Waals surface area contributed by atoms with Gasteiger partial charge in [0, 0.05) is 33.9 Å². The highest BCUT2D eigenvalue weighted by molar-refractivity contribution is 9.10. The number of thioether (sulfide) groups is 1. The van der Waals surface area contributed by atoms with E-state index in [1.54, 1.807) is 11.3 Å². The molecule has 1 aromatic heterocycles. The van der Waals surface area contributed by atoms with E-state index in [2.05, 4.69) is 28.1 Å². The number of benzene rings is 1. The van der Waals surface area contributed by atoms with Crippen LogP contribution in [-0.4, -0.2) is 35.4 Å². The Labute approximate surface area is 135 Å². The lowest BCUT2D eigenvalue weighted by Crippen LogP contribution is -2.37. The molecule has 1 aliphatic heterocycles. The van der Waals surface area contributed by atoms with Gasteiger partial charge in [0.15, 0.2) is 0 Å². The van der Waals surface area contributed by atoms with Crippen molar-refractivity contribution in [2.24, 2.45) is 0 Å². The molecule has 0 bridgehead atoms. The highest BCUT2D eigenvalue weighted by Crippen LogP contribution is 2.30. The summed E-state index contributed by atoms with van der Waals surface area (Å²) < 4.78 is 1.07. The van der Waals surface area contributed by atoms with Gasteiger partial charge in [-0.05, 0) is 29.8 Å². The third-order valence-electron chi connectivity index (χ3n) is 3.24. The molecule has 0 unspecified atom stereocenters. The maximum Gasteiger partial charge on any atom is 0.263 e. The SMILES string of the molecule is O=C(c1ccc(-c2ccc(Br)cc2)s1)N1CCSCC1. The van der Waals surface area contributed by atoms with Gasteiger partial charge >= 0.3 is 0 Å². The number of hydrogen-bond acceptors (Lipinski definition) is 3. The van der Waals surface area contributed by atoms with Gasteiger partial charge in [-0.2, -0.15) is 11.8 Å². The van der Waals surface area contributed by atoms with Crippen LogP contribution in [0.15, 0.2) is 40.9 Å². The second-order valence-corrected chi connectivity index (χ2v) is 7.80. The Morgan fingerprint density at radius 3 is 2.45 bits per heavy atom. The van der Waals surface area contributed by atoms with Crippen molar-refractivity contribution in [2.75, 3.05) is 24.6 Å². The zero-order chi connectivity index (χ0) is 13.9. The summed E-state index contributed by atoms with van der Waals surface area (Å²) in [5.41, 5.74) is 1.16. The van der Waals surface area contributed by atoms with Crippen LogP contribution in [0.1, 0.15) is 9.67 Å². The van der Waals surface area contributed by atoms with Crippen molar-refractivity contribution in [1.82, 2.24) is 4.90 Å². The number of carbonyl (C=O) groups excluding carboxylic acids is 1. The number of halogens is 1. The van der Waals surface area contributed by atoms with Crippen LogP contribution in [-0.2, 0) is 0 Å². The molecule has 1 aromatic carbocycles. The summed E-state index contributed by atoms with van der Waals surface area (Å²) in [6.45, 7) is 1.74. The average molecular weight is 368 g/mol. The fourth-order valence-corrected chi connectivity index (χ4v) is 4.29. The van der Waals surface area contributed by atoms with E-state index in [0.29, 0.717) is 0 Å². The Morgan fingerprint density at radius 1 is 1.05 bits per heavy atom. The Morgan fingerprint density at radius 2 is 1.75 bits per heavy atom. The van der Waals surface area contributed by atoms with Crippen molar-refractivity contribution >= 4 is 44.9 Å². The summed E-state index contributed by atoms with van der Waals surface area (Å²) in [4.78, 5) is 16.4. The Balaban J connectivity index is 1.79. The van der Waals surface area contributed by atoms with Crippen molar-refractivity contribution in [2.45, 2.75) is 0 Å². The summed E-state index contributed by atoms with van der Waals surface area (Å²) in [5, 5.41) is 0. The summed E-state index contributed by atoms with van der Waals surface area (Å²) in [5.74, 6) is 2.28. The lowest BCUT2D eigenvalue weighted by molar-refractivity contribution is 0.0777. The van der Waals surface area contributed by atoms with Gasteiger partial charge in [0.25, 0.3) is 5.91 Å². The first-order valence-electron chi connectivity index (χ1n) is 6.47. The van der Waals surface area contributed by atoms with Crippen LogP contribution in [0.3, 0.4) is 0 Å². The Kier molecular flexibility index (Phi) is 4.48. The minimum atomic E-state index is 0.179. The molecule has 0 aliphatic carbocycles. The highest BCUT2D eigenvalue weighted by Gasteiger charge is 2.20. The molecule has 20 heavy (non-hydrogen) atoms. The number of rotatable bonds is 2. The second-order valence-electron chi connectivity index (χ2n) is 4.58. The molecule has 2 nitrogen and oxygen atoms in total. The molecule has 104 valence electrons. The topological polar surface area (TPSA) is 20.3 Å². The first kappa shape index (κ1) is 14.2. The minimum Gasteiger partial charge on any atom is -0.336 e. The maximum absolute atomic E-state index is 12.4. The lowest BCUT2D eigenvalue weighted by Gasteiger charge is -2.25. The third kappa shape index (κ3) is 3.10. The molecular formula is C15H14BrNOS2.